The standard InChI is InChI=1S/C47H33N3/c1-4-15-32(16-5-1)35-21-14-22-37(29-35)49-41-25-12-10-23-38(41)46-43(49)27-28-44-47(46)39-24-11-13-26-42(39)50(44)45-31-36(33-17-6-2-7-18-33)30-40(48-45)34-19-8-3-9-20-34/h1-31,45,48H. The maximum Gasteiger partial charge on any atom is 0.124 e. The summed E-state index contributed by atoms with van der Waals surface area (Å²) in [7, 11) is 0. The highest BCUT2D eigenvalue weighted by Gasteiger charge is 2.25. The van der Waals surface area contributed by atoms with Gasteiger partial charge < -0.3 is 14.5 Å². The fraction of sp³-hybridized carbons (Fsp3) is 0.0213. The molecule has 0 amide bonds. The maximum atomic E-state index is 3.94. The Morgan fingerprint density at radius 3 is 1.72 bits per heavy atom. The van der Waals surface area contributed by atoms with Gasteiger partial charge in [0, 0.05) is 32.9 Å². The molecule has 0 spiro atoms. The number of benzene rings is 7. The summed E-state index contributed by atoms with van der Waals surface area (Å²) in [6.45, 7) is 0. The highest BCUT2D eigenvalue weighted by Crippen LogP contribution is 2.43. The van der Waals surface area contributed by atoms with Crippen LogP contribution in [0, 0.1) is 0 Å². The van der Waals surface area contributed by atoms with E-state index in [1.165, 1.54) is 71.4 Å². The van der Waals surface area contributed by atoms with Crippen molar-refractivity contribution in [1.82, 2.24) is 14.5 Å². The van der Waals surface area contributed by atoms with Gasteiger partial charge in [-0.25, -0.2) is 0 Å². The third-order valence-electron chi connectivity index (χ3n) is 10.1. The van der Waals surface area contributed by atoms with Gasteiger partial charge in [-0.1, -0.05) is 140 Å². The van der Waals surface area contributed by atoms with Crippen molar-refractivity contribution in [3.63, 3.8) is 0 Å². The van der Waals surface area contributed by atoms with Crippen molar-refractivity contribution in [2.45, 2.75) is 6.17 Å². The second-order valence-corrected chi connectivity index (χ2v) is 13.0. The molecule has 7 aromatic carbocycles. The lowest BCUT2D eigenvalue weighted by Gasteiger charge is -2.28. The van der Waals surface area contributed by atoms with Gasteiger partial charge in [-0.15, -0.1) is 0 Å². The maximum absolute atomic E-state index is 3.94. The number of allylic oxidation sites excluding steroid dienone is 2. The van der Waals surface area contributed by atoms with Gasteiger partial charge in [0.1, 0.15) is 6.17 Å². The van der Waals surface area contributed by atoms with Crippen LogP contribution in [-0.4, -0.2) is 9.13 Å². The van der Waals surface area contributed by atoms with Gasteiger partial charge in [-0.2, -0.15) is 0 Å². The molecule has 9 aromatic rings. The molecule has 1 aliphatic rings. The zero-order valence-electron chi connectivity index (χ0n) is 27.4. The Morgan fingerprint density at radius 2 is 0.980 bits per heavy atom. The first kappa shape index (κ1) is 28.4. The zero-order chi connectivity index (χ0) is 33.0. The van der Waals surface area contributed by atoms with Gasteiger partial charge in [-0.05, 0) is 76.4 Å². The number of aromatic nitrogens is 2. The van der Waals surface area contributed by atoms with Crippen LogP contribution in [0.1, 0.15) is 17.3 Å². The van der Waals surface area contributed by atoms with Crippen molar-refractivity contribution in [2.75, 3.05) is 0 Å². The van der Waals surface area contributed by atoms with Crippen molar-refractivity contribution in [3.05, 3.63) is 199 Å². The molecule has 1 unspecified atom stereocenters. The van der Waals surface area contributed by atoms with Crippen LogP contribution in [0.15, 0.2) is 188 Å². The summed E-state index contributed by atoms with van der Waals surface area (Å²) in [5, 5.41) is 9.00. The van der Waals surface area contributed by atoms with Crippen LogP contribution in [0.3, 0.4) is 0 Å². The Morgan fingerprint density at radius 1 is 0.420 bits per heavy atom. The van der Waals surface area contributed by atoms with Gasteiger partial charge >= 0.3 is 0 Å². The normalized spacial score (nSPS) is 14.6. The van der Waals surface area contributed by atoms with Crippen LogP contribution in [0.5, 0.6) is 0 Å². The number of para-hydroxylation sites is 2. The number of nitrogens with one attached hydrogen (secondary N) is 1. The molecule has 1 atom stereocenters. The lowest BCUT2D eigenvalue weighted by molar-refractivity contribution is 0.591. The Balaban J connectivity index is 1.23. The molecule has 2 aromatic heterocycles. The molecular formula is C47H33N3. The molecule has 3 heterocycles. The van der Waals surface area contributed by atoms with Crippen LogP contribution >= 0.6 is 0 Å². The summed E-state index contributed by atoms with van der Waals surface area (Å²) >= 11 is 0. The topological polar surface area (TPSA) is 21.9 Å². The summed E-state index contributed by atoms with van der Waals surface area (Å²) in [5.74, 6) is 0. The molecule has 3 nitrogen and oxygen atoms in total. The van der Waals surface area contributed by atoms with E-state index >= 15 is 0 Å². The Bertz CT molecular complexity index is 2770. The first-order chi connectivity index (χ1) is 24.8. The van der Waals surface area contributed by atoms with E-state index in [1.807, 2.05) is 0 Å². The van der Waals surface area contributed by atoms with E-state index < -0.39 is 0 Å². The van der Waals surface area contributed by atoms with Gasteiger partial charge in [-0.3, -0.25) is 0 Å². The summed E-state index contributed by atoms with van der Waals surface area (Å²) in [5.41, 5.74) is 13.1. The molecule has 0 bridgehead atoms. The van der Waals surface area contributed by atoms with Crippen molar-refractivity contribution < 1.29 is 0 Å². The van der Waals surface area contributed by atoms with Gasteiger partial charge in [0.15, 0.2) is 0 Å². The monoisotopic (exact) mass is 639 g/mol. The fourth-order valence-corrected chi connectivity index (χ4v) is 7.93. The predicted molar refractivity (Wildman–Crippen MR) is 210 cm³/mol. The second-order valence-electron chi connectivity index (χ2n) is 13.0. The third kappa shape index (κ3) is 4.52. The minimum atomic E-state index is -0.110. The molecule has 0 aliphatic carbocycles. The highest BCUT2D eigenvalue weighted by atomic mass is 15.2. The second kappa shape index (κ2) is 11.5. The van der Waals surface area contributed by atoms with Gasteiger partial charge in [0.05, 0.1) is 22.1 Å². The van der Waals surface area contributed by atoms with Crippen LogP contribution in [-0.2, 0) is 0 Å². The highest BCUT2D eigenvalue weighted by molar-refractivity contribution is 6.28. The van der Waals surface area contributed by atoms with Crippen molar-refractivity contribution in [2.24, 2.45) is 0 Å². The lowest BCUT2D eigenvalue weighted by atomic mass is 9.98. The van der Waals surface area contributed by atoms with E-state index in [0.29, 0.717) is 0 Å². The van der Waals surface area contributed by atoms with E-state index in [1.54, 1.807) is 0 Å². The van der Waals surface area contributed by atoms with Gasteiger partial charge in [0.2, 0.25) is 0 Å². The third-order valence-corrected chi connectivity index (χ3v) is 10.1. The molecule has 0 saturated heterocycles. The molecule has 10 rings (SSSR count). The van der Waals surface area contributed by atoms with Crippen molar-refractivity contribution in [3.8, 4) is 16.8 Å². The smallest absolute Gasteiger partial charge is 0.124 e. The molecule has 1 N–H and O–H groups in total. The van der Waals surface area contributed by atoms with E-state index in [0.717, 1.165) is 11.4 Å². The minimum Gasteiger partial charge on any atom is -0.361 e. The summed E-state index contributed by atoms with van der Waals surface area (Å²) < 4.78 is 4.93. The summed E-state index contributed by atoms with van der Waals surface area (Å²) in [6, 6.07) is 63.3. The molecule has 236 valence electrons. The average Bonchev–Trinajstić information content (AvgIpc) is 3.72. The Labute approximate surface area is 290 Å². The summed E-state index contributed by atoms with van der Waals surface area (Å²) in [6.07, 6.45) is 4.54. The van der Waals surface area contributed by atoms with Gasteiger partial charge in [0.25, 0.3) is 0 Å². The first-order valence-electron chi connectivity index (χ1n) is 17.2. The predicted octanol–water partition coefficient (Wildman–Crippen LogP) is 11.8. The number of hydrogen-bond acceptors (Lipinski definition) is 1. The van der Waals surface area contributed by atoms with E-state index in [9.17, 15) is 0 Å². The lowest BCUT2D eigenvalue weighted by Crippen LogP contribution is -2.26. The van der Waals surface area contributed by atoms with Crippen molar-refractivity contribution in [1.29, 1.82) is 0 Å². The van der Waals surface area contributed by atoms with E-state index in [2.05, 4.69) is 203 Å². The SMILES string of the molecule is C1=C(c2ccccc2)C=C(c2ccccc2)NC1n1c2ccccc2c2c3c4ccccc4n(-c4cccc(-c5ccccc5)c4)c3ccc21. The van der Waals surface area contributed by atoms with E-state index in [-0.39, 0.29) is 6.17 Å². The molecule has 1 aliphatic heterocycles. The number of nitrogens with zero attached hydrogens (tertiary/aromatic N) is 2. The Hall–Kier alpha value is -6.58. The van der Waals surface area contributed by atoms with E-state index in [4.69, 9.17) is 0 Å². The van der Waals surface area contributed by atoms with Crippen LogP contribution in [0.2, 0.25) is 0 Å². The average molecular weight is 640 g/mol. The number of dihydropyridines is 1. The number of rotatable bonds is 5. The largest absolute Gasteiger partial charge is 0.361 e. The quantitative estimate of drug-likeness (QED) is 0.199. The molecular weight excluding hydrogens is 607 g/mol. The number of hydrogen-bond donors (Lipinski definition) is 1. The molecule has 50 heavy (non-hydrogen) atoms. The van der Waals surface area contributed by atoms with Crippen molar-refractivity contribution >= 4 is 54.9 Å². The molecule has 0 radical (unpaired) electrons. The fourth-order valence-electron chi connectivity index (χ4n) is 7.93. The Kier molecular flexibility index (Phi) is 6.56. The van der Waals surface area contributed by atoms with Crippen LogP contribution in [0.4, 0.5) is 0 Å². The zero-order valence-corrected chi connectivity index (χ0v) is 27.4. The van der Waals surface area contributed by atoms with Crippen LogP contribution < -0.4 is 5.32 Å². The molecule has 3 heteroatoms. The molecule has 0 saturated carbocycles. The number of fused-ring (bicyclic) bond motifs is 7. The first-order valence-corrected chi connectivity index (χ1v) is 17.2. The van der Waals surface area contributed by atoms with Crippen LogP contribution in [0.25, 0.3) is 71.7 Å². The summed E-state index contributed by atoms with van der Waals surface area (Å²) in [4.78, 5) is 0. The minimum absolute atomic E-state index is 0.110. The molecule has 0 fully saturated rings.